The summed E-state index contributed by atoms with van der Waals surface area (Å²) in [4.78, 5) is 36.4. The Bertz CT molecular complexity index is 1340. The van der Waals surface area contributed by atoms with Crippen molar-refractivity contribution in [3.63, 3.8) is 0 Å². The number of rotatable bonds is 7. The van der Waals surface area contributed by atoms with E-state index in [0.717, 1.165) is 5.56 Å². The molecule has 1 N–H and O–H groups in total. The first-order chi connectivity index (χ1) is 17.5. The van der Waals surface area contributed by atoms with E-state index in [4.69, 9.17) is 11.6 Å². The van der Waals surface area contributed by atoms with Crippen LogP contribution in [0.25, 0.3) is 22.8 Å². The van der Waals surface area contributed by atoms with Gasteiger partial charge in [0.25, 0.3) is 0 Å². The molecule has 0 atom stereocenters. The average Bonchev–Trinajstić information content (AvgIpc) is 2.87. The minimum Gasteiger partial charge on any atom is -0.299 e. The van der Waals surface area contributed by atoms with E-state index in [2.05, 4.69) is 28.8 Å². The van der Waals surface area contributed by atoms with Crippen LogP contribution in [0.3, 0.4) is 0 Å². The lowest BCUT2D eigenvalue weighted by Gasteiger charge is -2.37. The molecule has 0 radical (unpaired) electrons. The van der Waals surface area contributed by atoms with Gasteiger partial charge in [0.1, 0.15) is 17.0 Å². The van der Waals surface area contributed by atoms with E-state index in [1.54, 1.807) is 18.2 Å². The molecule has 1 heterocycles. The summed E-state index contributed by atoms with van der Waals surface area (Å²) in [5.74, 6) is -0.0520. The Morgan fingerprint density at radius 2 is 1.81 bits per heavy atom. The molecule has 1 fully saturated rings. The molecule has 2 aromatic carbocycles. The molecule has 9 heteroatoms. The number of ketones is 1. The second-order valence-electron chi connectivity index (χ2n) is 9.98. The van der Waals surface area contributed by atoms with Crippen LogP contribution in [0.4, 0.5) is 13.2 Å². The number of aryl methyl sites for hydroxylation is 1. The molecular formula is C28H29ClF3N3O2. The Labute approximate surface area is 218 Å². The molecule has 1 aliphatic carbocycles. The molecule has 3 aromatic rings. The topological polar surface area (TPSA) is 75.7 Å². The zero-order valence-corrected chi connectivity index (χ0v) is 21.5. The van der Waals surface area contributed by atoms with Crippen molar-refractivity contribution in [3.05, 3.63) is 69.1 Å². The van der Waals surface area contributed by atoms with Crippen LogP contribution in [0.5, 0.6) is 0 Å². The van der Waals surface area contributed by atoms with Gasteiger partial charge in [0.15, 0.2) is 5.82 Å². The van der Waals surface area contributed by atoms with Gasteiger partial charge in [-0.25, -0.2) is 9.78 Å². The van der Waals surface area contributed by atoms with Gasteiger partial charge < -0.3 is 0 Å². The fraction of sp³-hybridized carbons (Fsp3) is 0.429. The SMILES string of the molecule is CC(C)c1cccc(-c2nc(-c3cc(CCC(=O)C4(C(F)(F)F)CCCCC4)ccc3Cl)[nH]c(=O)n2)c1. The maximum absolute atomic E-state index is 13.9. The maximum Gasteiger partial charge on any atom is 0.401 e. The van der Waals surface area contributed by atoms with E-state index in [1.165, 1.54) is 0 Å². The number of aromatic nitrogens is 3. The van der Waals surface area contributed by atoms with Crippen molar-refractivity contribution >= 4 is 17.4 Å². The predicted octanol–water partition coefficient (Wildman–Crippen LogP) is 7.29. The highest BCUT2D eigenvalue weighted by Gasteiger charge is 2.58. The molecule has 1 aliphatic rings. The van der Waals surface area contributed by atoms with Crippen LogP contribution in [-0.4, -0.2) is 26.9 Å². The van der Waals surface area contributed by atoms with E-state index in [1.807, 2.05) is 24.3 Å². The molecule has 196 valence electrons. The molecule has 37 heavy (non-hydrogen) atoms. The Morgan fingerprint density at radius 3 is 2.49 bits per heavy atom. The van der Waals surface area contributed by atoms with Crippen molar-refractivity contribution in [1.82, 2.24) is 15.0 Å². The summed E-state index contributed by atoms with van der Waals surface area (Å²) in [6, 6.07) is 12.5. The van der Waals surface area contributed by atoms with E-state index in [0.29, 0.717) is 41.0 Å². The second kappa shape index (κ2) is 10.8. The third-order valence-electron chi connectivity index (χ3n) is 7.17. The fourth-order valence-electron chi connectivity index (χ4n) is 4.96. The maximum atomic E-state index is 13.9. The van der Waals surface area contributed by atoms with Crippen LogP contribution in [0, 0.1) is 5.41 Å². The van der Waals surface area contributed by atoms with Gasteiger partial charge >= 0.3 is 11.9 Å². The molecule has 0 aliphatic heterocycles. The number of H-pyrrole nitrogens is 1. The molecule has 0 spiro atoms. The van der Waals surface area contributed by atoms with Crippen molar-refractivity contribution < 1.29 is 18.0 Å². The lowest BCUT2D eigenvalue weighted by molar-refractivity contribution is -0.228. The first kappa shape index (κ1) is 27.0. The summed E-state index contributed by atoms with van der Waals surface area (Å²) in [7, 11) is 0. The number of hydrogen-bond donors (Lipinski definition) is 1. The number of aromatic amines is 1. The molecule has 1 saturated carbocycles. The van der Waals surface area contributed by atoms with Gasteiger partial charge in [0.05, 0.1) is 5.02 Å². The summed E-state index contributed by atoms with van der Waals surface area (Å²) >= 11 is 6.42. The number of halogens is 4. The number of carbonyl (C=O) groups is 1. The third kappa shape index (κ3) is 5.79. The minimum atomic E-state index is -4.56. The van der Waals surface area contributed by atoms with Crippen LogP contribution in [-0.2, 0) is 11.2 Å². The van der Waals surface area contributed by atoms with Crippen LogP contribution in [0.15, 0.2) is 47.3 Å². The predicted molar refractivity (Wildman–Crippen MR) is 138 cm³/mol. The molecule has 0 unspecified atom stereocenters. The first-order valence-corrected chi connectivity index (χ1v) is 12.9. The normalized spacial score (nSPS) is 15.6. The largest absolute Gasteiger partial charge is 0.401 e. The number of carbonyl (C=O) groups excluding carboxylic acids is 1. The van der Waals surface area contributed by atoms with E-state index < -0.39 is 23.1 Å². The van der Waals surface area contributed by atoms with Crippen LogP contribution in [0.2, 0.25) is 5.02 Å². The van der Waals surface area contributed by atoms with Crippen LogP contribution >= 0.6 is 11.6 Å². The van der Waals surface area contributed by atoms with Crippen molar-refractivity contribution in [2.75, 3.05) is 0 Å². The molecule has 0 saturated heterocycles. The number of nitrogens with zero attached hydrogens (tertiary/aromatic N) is 2. The van der Waals surface area contributed by atoms with Gasteiger partial charge in [-0.15, -0.1) is 0 Å². The zero-order valence-electron chi connectivity index (χ0n) is 20.8. The molecule has 0 bridgehead atoms. The number of alkyl halides is 3. The van der Waals surface area contributed by atoms with Gasteiger partial charge in [-0.05, 0) is 54.5 Å². The average molecular weight is 532 g/mol. The number of hydrogen-bond acceptors (Lipinski definition) is 4. The van der Waals surface area contributed by atoms with Gasteiger partial charge in [-0.1, -0.05) is 69.0 Å². The summed E-state index contributed by atoms with van der Waals surface area (Å²) < 4.78 is 41.7. The van der Waals surface area contributed by atoms with E-state index >= 15 is 0 Å². The van der Waals surface area contributed by atoms with Gasteiger partial charge in [-0.2, -0.15) is 18.2 Å². The summed E-state index contributed by atoms with van der Waals surface area (Å²) in [6.07, 6.45) is -3.44. The van der Waals surface area contributed by atoms with Gasteiger partial charge in [0.2, 0.25) is 0 Å². The lowest BCUT2D eigenvalue weighted by Crippen LogP contribution is -2.46. The van der Waals surface area contributed by atoms with Crippen molar-refractivity contribution in [3.8, 4) is 22.8 Å². The number of Topliss-reactive ketones (excluding diaryl/α,β-unsaturated/α-hetero) is 1. The highest BCUT2D eigenvalue weighted by Crippen LogP contribution is 2.50. The van der Waals surface area contributed by atoms with Gasteiger partial charge in [0, 0.05) is 17.5 Å². The van der Waals surface area contributed by atoms with Gasteiger partial charge in [-0.3, -0.25) is 9.78 Å². The number of nitrogens with one attached hydrogen (secondary N) is 1. The quantitative estimate of drug-likeness (QED) is 0.347. The zero-order chi connectivity index (χ0) is 26.8. The van der Waals surface area contributed by atoms with Crippen LogP contribution < -0.4 is 5.69 Å². The molecule has 0 amide bonds. The molecule has 5 nitrogen and oxygen atoms in total. The number of benzene rings is 2. The molecule has 1 aromatic heterocycles. The summed E-state index contributed by atoms with van der Waals surface area (Å²) in [5.41, 5.74) is -0.0588. The highest BCUT2D eigenvalue weighted by atomic mass is 35.5. The minimum absolute atomic E-state index is 0.124. The standard InChI is InChI=1S/C28H29ClF3N3O2/c1-17(2)19-7-6-8-20(16-19)24-33-25(35-26(37)34-24)21-15-18(9-11-22(21)29)10-12-23(36)27(28(30,31)32)13-4-3-5-14-27/h6-9,11,15-17H,3-5,10,12-14H2,1-2H3,(H,33,34,35,37). The summed E-state index contributed by atoms with van der Waals surface area (Å²) in [6.45, 7) is 4.12. The van der Waals surface area contributed by atoms with E-state index in [-0.39, 0.29) is 43.3 Å². The smallest absolute Gasteiger partial charge is 0.299 e. The lowest BCUT2D eigenvalue weighted by atomic mass is 9.69. The Balaban J connectivity index is 1.61. The molecule has 4 rings (SSSR count). The monoisotopic (exact) mass is 531 g/mol. The Hall–Kier alpha value is -3.00. The molecular weight excluding hydrogens is 503 g/mol. The second-order valence-corrected chi connectivity index (χ2v) is 10.4. The first-order valence-electron chi connectivity index (χ1n) is 12.5. The fourth-order valence-corrected chi connectivity index (χ4v) is 5.17. The third-order valence-corrected chi connectivity index (χ3v) is 7.50. The Kier molecular flexibility index (Phi) is 7.88. The summed E-state index contributed by atoms with van der Waals surface area (Å²) in [5, 5.41) is 0.311. The van der Waals surface area contributed by atoms with Crippen molar-refractivity contribution in [1.29, 1.82) is 0 Å². The van der Waals surface area contributed by atoms with Crippen molar-refractivity contribution in [2.45, 2.75) is 70.9 Å². The van der Waals surface area contributed by atoms with Crippen LogP contribution in [0.1, 0.15) is 69.4 Å². The van der Waals surface area contributed by atoms with E-state index in [9.17, 15) is 22.8 Å². The Morgan fingerprint density at radius 1 is 1.08 bits per heavy atom. The van der Waals surface area contributed by atoms with Crippen molar-refractivity contribution in [2.24, 2.45) is 5.41 Å². The highest BCUT2D eigenvalue weighted by molar-refractivity contribution is 6.33.